The Hall–Kier alpha value is -2.55. The maximum atomic E-state index is 12.8. The zero-order valence-corrected chi connectivity index (χ0v) is 17.7. The second-order valence-corrected chi connectivity index (χ2v) is 10.0. The van der Waals surface area contributed by atoms with E-state index in [9.17, 15) is 26.4 Å². The van der Waals surface area contributed by atoms with Gasteiger partial charge in [-0.1, -0.05) is 39.0 Å². The van der Waals surface area contributed by atoms with Crippen LogP contribution < -0.4 is 4.72 Å². The van der Waals surface area contributed by atoms with Crippen LogP contribution in [0.2, 0.25) is 0 Å². The van der Waals surface area contributed by atoms with Gasteiger partial charge in [0, 0.05) is 18.8 Å². The van der Waals surface area contributed by atoms with Crippen molar-refractivity contribution >= 4 is 21.6 Å². The van der Waals surface area contributed by atoms with Crippen LogP contribution in [0.3, 0.4) is 0 Å². The van der Waals surface area contributed by atoms with E-state index in [4.69, 9.17) is 0 Å². The van der Waals surface area contributed by atoms with Crippen molar-refractivity contribution in [3.8, 4) is 0 Å². The van der Waals surface area contributed by atoms with E-state index in [0.717, 1.165) is 11.1 Å². The first-order valence-corrected chi connectivity index (χ1v) is 10.9. The molecule has 0 radical (unpaired) electrons. The van der Waals surface area contributed by atoms with Crippen LogP contribution in [0.1, 0.15) is 37.5 Å². The zero-order chi connectivity index (χ0) is 22.3. The number of anilines is 1. The lowest BCUT2D eigenvalue weighted by molar-refractivity contribution is -0.186. The predicted octanol–water partition coefficient (Wildman–Crippen LogP) is 4.23. The number of halogens is 3. The Labute approximate surface area is 173 Å². The number of nitrogens with zero attached hydrogens (tertiary/aromatic N) is 1. The van der Waals surface area contributed by atoms with Gasteiger partial charge in [-0.05, 0) is 52.8 Å². The number of alkyl halides is 3. The Morgan fingerprint density at radius 3 is 2.20 bits per heavy atom. The van der Waals surface area contributed by atoms with E-state index in [1.165, 1.54) is 12.1 Å². The average Bonchev–Trinajstić information content (AvgIpc) is 2.65. The number of sulfonamides is 1. The van der Waals surface area contributed by atoms with Crippen molar-refractivity contribution in [1.82, 2.24) is 4.90 Å². The van der Waals surface area contributed by atoms with Crippen molar-refractivity contribution in [2.24, 2.45) is 0 Å². The highest BCUT2D eigenvalue weighted by molar-refractivity contribution is 7.92. The number of benzene rings is 2. The standard InChI is InChI=1S/C21H23F3N2O3S/c1-20(2,3)16-5-7-17(8-6-16)25-30(28,29)18-9-4-14-10-11-26(13-15(14)12-18)19(27)21(22,23)24/h4-9,12,25H,10-11,13H2,1-3H3. The van der Waals surface area contributed by atoms with Gasteiger partial charge < -0.3 is 4.90 Å². The second kappa shape index (κ2) is 7.61. The minimum atomic E-state index is -4.96. The summed E-state index contributed by atoms with van der Waals surface area (Å²) in [6.07, 6.45) is -4.72. The third kappa shape index (κ3) is 4.77. The fraction of sp³-hybridized carbons (Fsp3) is 0.381. The molecule has 0 atom stereocenters. The molecule has 0 fully saturated rings. The summed E-state index contributed by atoms with van der Waals surface area (Å²) in [5.41, 5.74) is 2.48. The lowest BCUT2D eigenvalue weighted by Crippen LogP contribution is -2.43. The molecular formula is C21H23F3N2O3S. The van der Waals surface area contributed by atoms with Crippen molar-refractivity contribution in [2.75, 3.05) is 11.3 Å². The van der Waals surface area contributed by atoms with Crippen molar-refractivity contribution in [3.05, 3.63) is 59.2 Å². The monoisotopic (exact) mass is 440 g/mol. The molecule has 2 aromatic carbocycles. The highest BCUT2D eigenvalue weighted by Crippen LogP contribution is 2.28. The minimum Gasteiger partial charge on any atom is -0.330 e. The first-order chi connectivity index (χ1) is 13.8. The third-order valence-electron chi connectivity index (χ3n) is 5.03. The van der Waals surface area contributed by atoms with Gasteiger partial charge in [-0.25, -0.2) is 8.42 Å². The third-order valence-corrected chi connectivity index (χ3v) is 6.41. The first-order valence-electron chi connectivity index (χ1n) is 9.39. The first kappa shape index (κ1) is 22.1. The molecule has 2 aromatic rings. The summed E-state index contributed by atoms with van der Waals surface area (Å²) in [5.74, 6) is -1.92. The molecule has 1 N–H and O–H groups in total. The van der Waals surface area contributed by atoms with Crippen LogP contribution in [0.15, 0.2) is 47.4 Å². The molecule has 9 heteroatoms. The van der Waals surface area contributed by atoms with E-state index < -0.39 is 22.1 Å². The SMILES string of the molecule is CC(C)(C)c1ccc(NS(=O)(=O)c2ccc3c(c2)CN(C(=O)C(F)(F)F)CC3)cc1. The quantitative estimate of drug-likeness (QED) is 0.777. The van der Waals surface area contributed by atoms with E-state index in [1.807, 2.05) is 32.9 Å². The van der Waals surface area contributed by atoms with Gasteiger partial charge in [0.1, 0.15) is 0 Å². The van der Waals surface area contributed by atoms with Crippen LogP contribution >= 0.6 is 0 Å². The molecular weight excluding hydrogens is 417 g/mol. The number of fused-ring (bicyclic) bond motifs is 1. The average molecular weight is 440 g/mol. The molecule has 30 heavy (non-hydrogen) atoms. The summed E-state index contributed by atoms with van der Waals surface area (Å²) in [5, 5.41) is 0. The highest BCUT2D eigenvalue weighted by atomic mass is 32.2. The Kier molecular flexibility index (Phi) is 5.62. The number of carbonyl (C=O) groups excluding carboxylic acids is 1. The Morgan fingerprint density at radius 2 is 1.63 bits per heavy atom. The smallest absolute Gasteiger partial charge is 0.330 e. The summed E-state index contributed by atoms with van der Waals surface area (Å²) in [4.78, 5) is 12.1. The second-order valence-electron chi connectivity index (χ2n) is 8.34. The van der Waals surface area contributed by atoms with Crippen LogP contribution in [0, 0.1) is 0 Å². The molecule has 5 nitrogen and oxygen atoms in total. The van der Waals surface area contributed by atoms with Crippen molar-refractivity contribution in [1.29, 1.82) is 0 Å². The van der Waals surface area contributed by atoms with Crippen LogP contribution in [-0.2, 0) is 33.2 Å². The van der Waals surface area contributed by atoms with Crippen LogP contribution in [-0.4, -0.2) is 31.9 Å². The topological polar surface area (TPSA) is 66.5 Å². The van der Waals surface area contributed by atoms with Gasteiger partial charge in [-0.15, -0.1) is 0 Å². The van der Waals surface area contributed by atoms with Gasteiger partial charge in [-0.2, -0.15) is 13.2 Å². The number of hydrogen-bond acceptors (Lipinski definition) is 3. The molecule has 0 bridgehead atoms. The van der Waals surface area contributed by atoms with E-state index in [2.05, 4.69) is 4.72 Å². The van der Waals surface area contributed by atoms with Gasteiger partial charge >= 0.3 is 12.1 Å². The van der Waals surface area contributed by atoms with Crippen LogP contribution in [0.4, 0.5) is 18.9 Å². The van der Waals surface area contributed by atoms with Crippen LogP contribution in [0.5, 0.6) is 0 Å². The summed E-state index contributed by atoms with van der Waals surface area (Å²) >= 11 is 0. The Balaban J connectivity index is 1.82. The maximum absolute atomic E-state index is 12.8. The molecule has 1 amide bonds. The molecule has 0 saturated heterocycles. The lowest BCUT2D eigenvalue weighted by atomic mass is 9.87. The molecule has 1 heterocycles. The summed E-state index contributed by atoms with van der Waals surface area (Å²) in [6.45, 7) is 5.80. The normalized spacial score (nSPS) is 14.9. The number of rotatable bonds is 3. The molecule has 0 saturated carbocycles. The number of hydrogen-bond donors (Lipinski definition) is 1. The zero-order valence-electron chi connectivity index (χ0n) is 16.9. The molecule has 1 aliphatic heterocycles. The van der Waals surface area contributed by atoms with Crippen molar-refractivity contribution in [2.45, 2.75) is 50.2 Å². The molecule has 0 spiro atoms. The summed E-state index contributed by atoms with van der Waals surface area (Å²) in [6, 6.07) is 11.3. The fourth-order valence-electron chi connectivity index (χ4n) is 3.31. The molecule has 162 valence electrons. The lowest BCUT2D eigenvalue weighted by Gasteiger charge is -2.29. The van der Waals surface area contributed by atoms with Crippen molar-refractivity contribution < 1.29 is 26.4 Å². The van der Waals surface area contributed by atoms with E-state index in [0.29, 0.717) is 16.2 Å². The fourth-order valence-corrected chi connectivity index (χ4v) is 4.41. The maximum Gasteiger partial charge on any atom is 0.471 e. The largest absolute Gasteiger partial charge is 0.471 e. The van der Waals surface area contributed by atoms with Gasteiger partial charge in [-0.3, -0.25) is 9.52 Å². The molecule has 0 aromatic heterocycles. The van der Waals surface area contributed by atoms with Gasteiger partial charge in [0.05, 0.1) is 4.90 Å². The molecule has 3 rings (SSSR count). The van der Waals surface area contributed by atoms with Gasteiger partial charge in [0.2, 0.25) is 0 Å². The molecule has 0 unspecified atom stereocenters. The van der Waals surface area contributed by atoms with Gasteiger partial charge in [0.15, 0.2) is 0 Å². The minimum absolute atomic E-state index is 0.0597. The number of carbonyl (C=O) groups is 1. The van der Waals surface area contributed by atoms with E-state index in [1.54, 1.807) is 18.2 Å². The summed E-state index contributed by atoms with van der Waals surface area (Å²) in [7, 11) is -3.94. The van der Waals surface area contributed by atoms with Crippen molar-refractivity contribution in [3.63, 3.8) is 0 Å². The molecule has 0 aliphatic carbocycles. The highest BCUT2D eigenvalue weighted by Gasteiger charge is 2.43. The van der Waals surface area contributed by atoms with E-state index in [-0.39, 0.29) is 29.8 Å². The predicted molar refractivity (Wildman–Crippen MR) is 108 cm³/mol. The summed E-state index contributed by atoms with van der Waals surface area (Å²) < 4.78 is 66.2. The number of nitrogens with one attached hydrogen (secondary N) is 1. The van der Waals surface area contributed by atoms with E-state index >= 15 is 0 Å². The Bertz CT molecular complexity index is 1060. The molecule has 1 aliphatic rings. The van der Waals surface area contributed by atoms with Crippen LogP contribution in [0.25, 0.3) is 0 Å². The van der Waals surface area contributed by atoms with Gasteiger partial charge in [0.25, 0.3) is 10.0 Å². The Morgan fingerprint density at radius 1 is 1.00 bits per heavy atom. The number of amides is 1.